The predicted molar refractivity (Wildman–Crippen MR) is 64.5 cm³/mol. The van der Waals surface area contributed by atoms with Crippen LogP contribution in [0.5, 0.6) is 0 Å². The van der Waals surface area contributed by atoms with Crippen LogP contribution in [0.2, 0.25) is 0 Å². The summed E-state index contributed by atoms with van der Waals surface area (Å²) in [6, 6.07) is 5.03. The molecule has 0 heterocycles. The van der Waals surface area contributed by atoms with Gasteiger partial charge in [0.1, 0.15) is 11.9 Å². The Labute approximate surface area is 114 Å². The maximum atomic E-state index is 13.1. The Hall–Kier alpha value is -1.40. The molecule has 0 spiro atoms. The van der Waals surface area contributed by atoms with Crippen LogP contribution in [0.4, 0.5) is 17.6 Å². The second kappa shape index (κ2) is 5.30. The Morgan fingerprint density at radius 2 is 1.42 bits per heavy atom. The average Bonchev–Trinajstić information content (AvgIpc) is 2.37. The highest BCUT2D eigenvalue weighted by Crippen LogP contribution is 2.27. The monoisotopic (exact) mass is 334 g/mol. The van der Waals surface area contributed by atoms with Crippen molar-refractivity contribution in [1.82, 2.24) is 0 Å². The van der Waals surface area contributed by atoms with Crippen molar-refractivity contribution >= 4 is 15.9 Å². The lowest BCUT2D eigenvalue weighted by molar-refractivity contribution is 0.218. The van der Waals surface area contributed by atoms with E-state index in [9.17, 15) is 22.7 Å². The number of rotatable bonds is 2. The fraction of sp³-hybridized carbons (Fsp3) is 0.0769. The first-order valence-corrected chi connectivity index (χ1v) is 5.97. The number of benzene rings is 2. The topological polar surface area (TPSA) is 20.2 Å². The van der Waals surface area contributed by atoms with E-state index in [-0.39, 0.29) is 15.6 Å². The summed E-state index contributed by atoms with van der Waals surface area (Å²) < 4.78 is 52.1. The van der Waals surface area contributed by atoms with Crippen LogP contribution in [0.25, 0.3) is 0 Å². The molecule has 0 radical (unpaired) electrons. The molecule has 0 saturated heterocycles. The Morgan fingerprint density at radius 1 is 0.842 bits per heavy atom. The Bertz CT molecular complexity index is 607. The molecule has 0 aliphatic heterocycles. The second-order valence-electron chi connectivity index (χ2n) is 3.87. The predicted octanol–water partition coefficient (Wildman–Crippen LogP) is 4.09. The third kappa shape index (κ3) is 2.79. The molecule has 0 bridgehead atoms. The fourth-order valence-electron chi connectivity index (χ4n) is 1.61. The Morgan fingerprint density at radius 3 is 1.95 bits per heavy atom. The van der Waals surface area contributed by atoms with Crippen LogP contribution in [0.1, 0.15) is 17.2 Å². The van der Waals surface area contributed by atoms with E-state index in [0.717, 1.165) is 6.07 Å². The maximum Gasteiger partial charge on any atom is 0.194 e. The zero-order valence-electron chi connectivity index (χ0n) is 9.30. The molecule has 2 aromatic rings. The third-order valence-electron chi connectivity index (χ3n) is 2.58. The molecule has 2 aromatic carbocycles. The first-order chi connectivity index (χ1) is 8.90. The molecule has 1 unspecified atom stereocenters. The summed E-state index contributed by atoms with van der Waals surface area (Å²) in [5.74, 6) is -4.92. The summed E-state index contributed by atoms with van der Waals surface area (Å²) in [4.78, 5) is 0. The van der Waals surface area contributed by atoms with Gasteiger partial charge in [-0.1, -0.05) is 6.07 Å². The first-order valence-electron chi connectivity index (χ1n) is 5.17. The molecule has 1 N–H and O–H groups in total. The quantitative estimate of drug-likeness (QED) is 0.648. The van der Waals surface area contributed by atoms with Gasteiger partial charge in [0, 0.05) is 0 Å². The van der Waals surface area contributed by atoms with Crippen molar-refractivity contribution in [3.05, 3.63) is 69.2 Å². The van der Waals surface area contributed by atoms with Crippen LogP contribution in [-0.2, 0) is 0 Å². The number of hydrogen-bond donors (Lipinski definition) is 1. The summed E-state index contributed by atoms with van der Waals surface area (Å²) in [6.07, 6.45) is -1.39. The lowest BCUT2D eigenvalue weighted by atomic mass is 10.0. The van der Waals surface area contributed by atoms with Gasteiger partial charge in [-0.15, -0.1) is 0 Å². The molecule has 0 aliphatic carbocycles. The van der Waals surface area contributed by atoms with Gasteiger partial charge in [-0.3, -0.25) is 0 Å². The van der Waals surface area contributed by atoms with Crippen LogP contribution < -0.4 is 0 Å². The molecule has 0 amide bonds. The smallest absolute Gasteiger partial charge is 0.194 e. The minimum Gasteiger partial charge on any atom is -0.384 e. The molecule has 1 nitrogen and oxygen atoms in total. The van der Waals surface area contributed by atoms with Crippen LogP contribution in [0.3, 0.4) is 0 Å². The Balaban J connectivity index is 2.43. The van der Waals surface area contributed by atoms with Gasteiger partial charge in [0.25, 0.3) is 0 Å². The van der Waals surface area contributed by atoms with Gasteiger partial charge in [-0.25, -0.2) is 17.6 Å². The van der Waals surface area contributed by atoms with E-state index in [0.29, 0.717) is 12.1 Å². The van der Waals surface area contributed by atoms with E-state index in [2.05, 4.69) is 15.9 Å². The van der Waals surface area contributed by atoms with Crippen molar-refractivity contribution in [2.75, 3.05) is 0 Å². The van der Waals surface area contributed by atoms with Crippen LogP contribution in [-0.4, -0.2) is 5.11 Å². The van der Waals surface area contributed by atoms with Gasteiger partial charge >= 0.3 is 0 Å². The normalized spacial score (nSPS) is 12.5. The van der Waals surface area contributed by atoms with Crippen molar-refractivity contribution in [3.63, 3.8) is 0 Å². The molecule has 0 fully saturated rings. The van der Waals surface area contributed by atoms with Crippen LogP contribution in [0, 0.1) is 23.3 Å². The standard InChI is InChI=1S/C13H7BrF4O/c14-8-3-6(1-2-9(8)15)13(19)7-4-10(16)12(18)11(17)5-7/h1-5,13,19H. The molecule has 100 valence electrons. The molecule has 0 saturated carbocycles. The average molecular weight is 335 g/mol. The number of aliphatic hydroxyl groups excluding tert-OH is 1. The number of hydrogen-bond acceptors (Lipinski definition) is 1. The highest BCUT2D eigenvalue weighted by atomic mass is 79.9. The maximum absolute atomic E-state index is 13.1. The lowest BCUT2D eigenvalue weighted by Gasteiger charge is -2.12. The van der Waals surface area contributed by atoms with E-state index in [1.165, 1.54) is 12.1 Å². The van der Waals surface area contributed by atoms with Crippen molar-refractivity contribution < 1.29 is 22.7 Å². The molecule has 19 heavy (non-hydrogen) atoms. The van der Waals surface area contributed by atoms with E-state index in [1.807, 2.05) is 0 Å². The minimum absolute atomic E-state index is 0.104. The van der Waals surface area contributed by atoms with E-state index in [1.54, 1.807) is 0 Å². The zero-order valence-corrected chi connectivity index (χ0v) is 10.9. The highest BCUT2D eigenvalue weighted by molar-refractivity contribution is 9.10. The van der Waals surface area contributed by atoms with Crippen LogP contribution >= 0.6 is 15.9 Å². The van der Waals surface area contributed by atoms with Crippen LogP contribution in [0.15, 0.2) is 34.8 Å². The summed E-state index contributed by atoms with van der Waals surface area (Å²) >= 11 is 2.93. The largest absolute Gasteiger partial charge is 0.384 e. The van der Waals surface area contributed by atoms with Gasteiger partial charge in [0.15, 0.2) is 17.5 Å². The van der Waals surface area contributed by atoms with Gasteiger partial charge in [-0.2, -0.15) is 0 Å². The summed E-state index contributed by atoms with van der Waals surface area (Å²) in [5, 5.41) is 9.95. The van der Waals surface area contributed by atoms with Crippen molar-refractivity contribution in [2.24, 2.45) is 0 Å². The third-order valence-corrected chi connectivity index (χ3v) is 3.19. The molecular weight excluding hydrogens is 328 g/mol. The van der Waals surface area contributed by atoms with Crippen molar-refractivity contribution in [2.45, 2.75) is 6.10 Å². The van der Waals surface area contributed by atoms with Crippen molar-refractivity contribution in [1.29, 1.82) is 0 Å². The molecule has 6 heteroatoms. The van der Waals surface area contributed by atoms with Gasteiger partial charge in [-0.05, 0) is 51.3 Å². The molecular formula is C13H7BrF4O. The zero-order chi connectivity index (χ0) is 14.2. The van der Waals surface area contributed by atoms with Crippen molar-refractivity contribution in [3.8, 4) is 0 Å². The minimum atomic E-state index is -1.60. The fourth-order valence-corrected chi connectivity index (χ4v) is 2.00. The number of aliphatic hydroxyl groups is 1. The van der Waals surface area contributed by atoms with E-state index >= 15 is 0 Å². The first kappa shape index (κ1) is 14.0. The van der Waals surface area contributed by atoms with E-state index in [4.69, 9.17) is 0 Å². The van der Waals surface area contributed by atoms with Gasteiger partial charge < -0.3 is 5.11 Å². The highest BCUT2D eigenvalue weighted by Gasteiger charge is 2.17. The molecule has 2 rings (SSSR count). The second-order valence-corrected chi connectivity index (χ2v) is 4.73. The molecule has 1 atom stereocenters. The van der Waals surface area contributed by atoms with Gasteiger partial charge in [0.2, 0.25) is 0 Å². The van der Waals surface area contributed by atoms with Gasteiger partial charge in [0.05, 0.1) is 4.47 Å². The summed E-state index contributed by atoms with van der Waals surface area (Å²) in [5.41, 5.74) is 0.0635. The molecule has 0 aliphatic rings. The molecule has 0 aromatic heterocycles. The lowest BCUT2D eigenvalue weighted by Crippen LogP contribution is -2.03. The SMILES string of the molecule is OC(c1cc(F)c(F)c(F)c1)c1ccc(F)c(Br)c1. The summed E-state index contributed by atoms with van der Waals surface area (Å²) in [7, 11) is 0. The van der Waals surface area contributed by atoms with E-state index < -0.39 is 29.4 Å². The number of halogens is 5. The Kier molecular flexibility index (Phi) is 3.91. The summed E-state index contributed by atoms with van der Waals surface area (Å²) in [6.45, 7) is 0.